The predicted molar refractivity (Wildman–Crippen MR) is 57.5 cm³/mol. The summed E-state index contributed by atoms with van der Waals surface area (Å²) in [6.45, 7) is 3.51. The molecule has 0 aliphatic carbocycles. The molecular weight excluding hydrogens is 212 g/mol. The van der Waals surface area contributed by atoms with E-state index in [1.165, 1.54) is 19.1 Å². The van der Waals surface area contributed by atoms with Crippen molar-refractivity contribution in [1.29, 1.82) is 0 Å². The van der Waals surface area contributed by atoms with Gasteiger partial charge >= 0.3 is 5.97 Å². The van der Waals surface area contributed by atoms with Crippen molar-refractivity contribution >= 4 is 18.3 Å². The fourth-order valence-corrected chi connectivity index (χ4v) is 1.41. The van der Waals surface area contributed by atoms with Crippen LogP contribution in [0.3, 0.4) is 0 Å². The number of hydrogen-bond acceptors (Lipinski definition) is 4. The topological polar surface area (TPSA) is 75.7 Å². The summed E-state index contributed by atoms with van der Waals surface area (Å²) >= 11 is 0. The van der Waals surface area contributed by atoms with Crippen LogP contribution in [0.1, 0.15) is 13.8 Å². The number of likely N-dealkylation sites (N-methyl/N-ethyl adjacent to an activating group) is 1. The number of rotatable bonds is 6. The average molecular weight is 230 g/mol. The molecule has 2 amide bonds. The van der Waals surface area contributed by atoms with E-state index in [1.54, 1.807) is 0 Å². The molecule has 0 saturated carbocycles. The summed E-state index contributed by atoms with van der Waals surface area (Å²) in [6, 6.07) is -0.633. The zero-order valence-corrected chi connectivity index (χ0v) is 10.0. The lowest BCUT2D eigenvalue weighted by Gasteiger charge is -2.28. The van der Waals surface area contributed by atoms with E-state index in [9.17, 15) is 14.4 Å². The molecule has 0 aliphatic heterocycles. The Kier molecular flexibility index (Phi) is 6.14. The first-order valence-electron chi connectivity index (χ1n) is 4.96. The maximum Gasteiger partial charge on any atom is 0.328 e. The number of methoxy groups -OCH3 is 1. The first-order chi connectivity index (χ1) is 7.45. The number of carbonyl (C=O) groups excluding carboxylic acids is 3. The number of nitrogens with one attached hydrogen (secondary N) is 1. The Morgan fingerprint density at radius 2 is 2.00 bits per heavy atom. The van der Waals surface area contributed by atoms with Gasteiger partial charge in [-0.2, -0.15) is 0 Å². The summed E-state index contributed by atoms with van der Waals surface area (Å²) in [7, 11) is 2.79. The van der Waals surface area contributed by atoms with Crippen molar-refractivity contribution in [2.45, 2.75) is 19.9 Å². The second-order valence-corrected chi connectivity index (χ2v) is 3.72. The van der Waals surface area contributed by atoms with Gasteiger partial charge in [-0.3, -0.25) is 9.59 Å². The van der Waals surface area contributed by atoms with E-state index in [4.69, 9.17) is 0 Å². The zero-order valence-electron chi connectivity index (χ0n) is 10.0. The summed E-state index contributed by atoms with van der Waals surface area (Å²) in [6.07, 6.45) is 0.439. The van der Waals surface area contributed by atoms with Gasteiger partial charge in [0.1, 0.15) is 6.04 Å². The third kappa shape index (κ3) is 3.88. The highest BCUT2D eigenvalue weighted by Gasteiger charge is 2.30. The number of esters is 1. The van der Waals surface area contributed by atoms with Gasteiger partial charge < -0.3 is 15.0 Å². The number of amides is 2. The fourth-order valence-electron chi connectivity index (χ4n) is 1.41. The predicted octanol–water partition coefficient (Wildman–Crippen LogP) is -0.612. The third-order valence-corrected chi connectivity index (χ3v) is 2.22. The molecule has 0 spiro atoms. The summed E-state index contributed by atoms with van der Waals surface area (Å²) in [5.74, 6) is -0.856. The Morgan fingerprint density at radius 1 is 1.44 bits per heavy atom. The Bertz CT molecular complexity index is 266. The SMILES string of the molecule is COC(=O)[C@H](C(C)C)N(C)C(=O)CNC=O. The quantitative estimate of drug-likeness (QED) is 0.488. The molecule has 16 heavy (non-hydrogen) atoms. The summed E-state index contributed by atoms with van der Waals surface area (Å²) in [5.41, 5.74) is 0. The van der Waals surface area contributed by atoms with Gasteiger partial charge in [-0.25, -0.2) is 4.79 Å². The zero-order chi connectivity index (χ0) is 12.7. The van der Waals surface area contributed by atoms with Gasteiger partial charge in [0.05, 0.1) is 13.7 Å². The van der Waals surface area contributed by atoms with Crippen molar-refractivity contribution < 1.29 is 19.1 Å². The van der Waals surface area contributed by atoms with Crippen LogP contribution in [-0.4, -0.2) is 49.9 Å². The van der Waals surface area contributed by atoms with Crippen molar-refractivity contribution in [3.63, 3.8) is 0 Å². The molecule has 0 rings (SSSR count). The summed E-state index contributed by atoms with van der Waals surface area (Å²) in [5, 5.41) is 2.26. The fraction of sp³-hybridized carbons (Fsp3) is 0.700. The maximum atomic E-state index is 11.6. The van der Waals surface area contributed by atoms with Gasteiger partial charge in [0.15, 0.2) is 0 Å². The van der Waals surface area contributed by atoms with E-state index in [0.29, 0.717) is 6.41 Å². The van der Waals surface area contributed by atoms with Crippen molar-refractivity contribution in [3.8, 4) is 0 Å². The molecular formula is C10H18N2O4. The highest BCUT2D eigenvalue weighted by Crippen LogP contribution is 2.10. The molecule has 0 bridgehead atoms. The van der Waals surface area contributed by atoms with Gasteiger partial charge in [0, 0.05) is 7.05 Å². The van der Waals surface area contributed by atoms with Crippen LogP contribution in [0, 0.1) is 5.92 Å². The van der Waals surface area contributed by atoms with E-state index < -0.39 is 12.0 Å². The highest BCUT2D eigenvalue weighted by atomic mass is 16.5. The Morgan fingerprint density at radius 3 is 2.38 bits per heavy atom. The molecule has 0 unspecified atom stereocenters. The Hall–Kier alpha value is -1.59. The van der Waals surface area contributed by atoms with E-state index in [2.05, 4.69) is 10.1 Å². The number of ether oxygens (including phenoxy) is 1. The van der Waals surface area contributed by atoms with Crippen LogP contribution in [0.2, 0.25) is 0 Å². The minimum Gasteiger partial charge on any atom is -0.467 e. The van der Waals surface area contributed by atoms with Gasteiger partial charge in [-0.05, 0) is 5.92 Å². The van der Waals surface area contributed by atoms with Crippen LogP contribution in [-0.2, 0) is 19.1 Å². The van der Waals surface area contributed by atoms with Crippen LogP contribution in [0.15, 0.2) is 0 Å². The Balaban J connectivity index is 4.60. The van der Waals surface area contributed by atoms with Crippen molar-refractivity contribution in [2.75, 3.05) is 20.7 Å². The lowest BCUT2D eigenvalue weighted by Crippen LogP contribution is -2.48. The molecule has 0 fully saturated rings. The van der Waals surface area contributed by atoms with E-state index in [0.717, 1.165) is 0 Å². The average Bonchev–Trinajstić information content (AvgIpc) is 2.24. The van der Waals surface area contributed by atoms with Crippen LogP contribution < -0.4 is 5.32 Å². The molecule has 0 radical (unpaired) electrons. The second-order valence-electron chi connectivity index (χ2n) is 3.72. The normalized spacial score (nSPS) is 11.8. The van der Waals surface area contributed by atoms with Crippen molar-refractivity contribution in [1.82, 2.24) is 10.2 Å². The van der Waals surface area contributed by atoms with E-state index in [-0.39, 0.29) is 18.4 Å². The Labute approximate surface area is 94.9 Å². The molecule has 6 heteroatoms. The molecule has 0 saturated heterocycles. The minimum atomic E-state index is -0.633. The van der Waals surface area contributed by atoms with E-state index >= 15 is 0 Å². The molecule has 0 aromatic heterocycles. The first kappa shape index (κ1) is 14.4. The van der Waals surface area contributed by atoms with Gasteiger partial charge in [-0.1, -0.05) is 13.8 Å². The monoisotopic (exact) mass is 230 g/mol. The molecule has 0 aromatic rings. The number of hydrogen-bond donors (Lipinski definition) is 1. The molecule has 0 aliphatic rings. The highest BCUT2D eigenvalue weighted by molar-refractivity contribution is 5.86. The van der Waals surface area contributed by atoms with Gasteiger partial charge in [-0.15, -0.1) is 0 Å². The number of nitrogens with zero attached hydrogens (tertiary/aromatic N) is 1. The lowest BCUT2D eigenvalue weighted by atomic mass is 10.0. The van der Waals surface area contributed by atoms with Crippen LogP contribution in [0.25, 0.3) is 0 Å². The van der Waals surface area contributed by atoms with Gasteiger partial charge in [0.25, 0.3) is 0 Å². The lowest BCUT2D eigenvalue weighted by molar-refractivity contribution is -0.153. The summed E-state index contributed by atoms with van der Waals surface area (Å²) in [4.78, 5) is 34.4. The first-order valence-corrected chi connectivity index (χ1v) is 4.96. The maximum absolute atomic E-state index is 11.6. The molecule has 1 atom stereocenters. The molecule has 1 N–H and O–H groups in total. The third-order valence-electron chi connectivity index (χ3n) is 2.22. The van der Waals surface area contributed by atoms with Gasteiger partial charge in [0.2, 0.25) is 12.3 Å². The largest absolute Gasteiger partial charge is 0.467 e. The van der Waals surface area contributed by atoms with Crippen molar-refractivity contribution in [2.24, 2.45) is 5.92 Å². The van der Waals surface area contributed by atoms with Crippen LogP contribution >= 0.6 is 0 Å². The minimum absolute atomic E-state index is 0.0577. The molecule has 6 nitrogen and oxygen atoms in total. The molecule has 0 aromatic carbocycles. The van der Waals surface area contributed by atoms with E-state index in [1.807, 2.05) is 13.8 Å². The van der Waals surface area contributed by atoms with Crippen LogP contribution in [0.4, 0.5) is 0 Å². The number of carbonyl (C=O) groups is 3. The summed E-state index contributed by atoms with van der Waals surface area (Å²) < 4.78 is 4.63. The smallest absolute Gasteiger partial charge is 0.328 e. The second kappa shape index (κ2) is 6.81. The van der Waals surface area contributed by atoms with Crippen LogP contribution in [0.5, 0.6) is 0 Å². The van der Waals surface area contributed by atoms with Crippen molar-refractivity contribution in [3.05, 3.63) is 0 Å². The molecule has 0 heterocycles. The standard InChI is InChI=1S/C10H18N2O4/c1-7(2)9(10(15)16-4)12(3)8(14)5-11-6-13/h6-7,9H,5H2,1-4H3,(H,11,13)/t9-/m0/s1. The molecule has 92 valence electrons.